The Labute approximate surface area is 183 Å². The Morgan fingerprint density at radius 1 is 1.33 bits per heavy atom. The van der Waals surface area contributed by atoms with Gasteiger partial charge in [-0.3, -0.25) is 9.89 Å². The van der Waals surface area contributed by atoms with Crippen molar-refractivity contribution in [2.75, 3.05) is 53.1 Å². The average molecular weight is 496 g/mol. The van der Waals surface area contributed by atoms with E-state index >= 15 is 0 Å². The van der Waals surface area contributed by atoms with Crippen molar-refractivity contribution in [3.8, 4) is 0 Å². The highest BCUT2D eigenvalue weighted by atomic mass is 127. The molecule has 27 heavy (non-hydrogen) atoms. The smallest absolute Gasteiger partial charge is 0.191 e. The Bertz CT molecular complexity index is 430. The molecule has 0 amide bonds. The van der Waals surface area contributed by atoms with Gasteiger partial charge in [-0.2, -0.15) is 0 Å². The lowest BCUT2D eigenvalue weighted by Gasteiger charge is -2.38. The predicted octanol–water partition coefficient (Wildman–Crippen LogP) is 2.87. The molecular formula is C20H41IN4O2. The molecule has 0 aromatic carbocycles. The third-order valence-electron chi connectivity index (χ3n) is 5.97. The molecule has 2 atom stereocenters. The van der Waals surface area contributed by atoms with Crippen LogP contribution in [-0.4, -0.2) is 76.1 Å². The Kier molecular flexibility index (Phi) is 12.2. The Morgan fingerprint density at radius 2 is 2.07 bits per heavy atom. The zero-order chi connectivity index (χ0) is 18.8. The van der Waals surface area contributed by atoms with Gasteiger partial charge in [0.1, 0.15) is 0 Å². The summed E-state index contributed by atoms with van der Waals surface area (Å²) in [4.78, 5) is 7.48. The third kappa shape index (κ3) is 8.03. The quantitative estimate of drug-likeness (QED) is 0.292. The van der Waals surface area contributed by atoms with Gasteiger partial charge in [0, 0.05) is 52.0 Å². The number of guanidine groups is 1. The summed E-state index contributed by atoms with van der Waals surface area (Å²) in [7, 11) is 1.80. The predicted molar refractivity (Wildman–Crippen MR) is 123 cm³/mol. The van der Waals surface area contributed by atoms with Crippen LogP contribution in [-0.2, 0) is 9.47 Å². The van der Waals surface area contributed by atoms with Crippen LogP contribution in [0.25, 0.3) is 0 Å². The number of methoxy groups -OCH3 is 1. The van der Waals surface area contributed by atoms with Gasteiger partial charge in [0.15, 0.2) is 5.96 Å². The minimum Gasteiger partial charge on any atom is -0.385 e. The molecule has 0 aromatic heterocycles. The molecule has 2 fully saturated rings. The number of nitrogens with one attached hydrogen (secondary N) is 2. The van der Waals surface area contributed by atoms with Crippen molar-refractivity contribution in [2.24, 2.45) is 10.4 Å². The van der Waals surface area contributed by atoms with Crippen molar-refractivity contribution in [1.82, 2.24) is 15.5 Å². The molecule has 0 spiro atoms. The van der Waals surface area contributed by atoms with Gasteiger partial charge in [-0.1, -0.05) is 12.8 Å². The summed E-state index contributed by atoms with van der Waals surface area (Å²) >= 11 is 0. The van der Waals surface area contributed by atoms with Crippen LogP contribution in [0.3, 0.4) is 0 Å². The molecule has 1 saturated heterocycles. The highest BCUT2D eigenvalue weighted by molar-refractivity contribution is 14.0. The molecule has 0 aromatic rings. The summed E-state index contributed by atoms with van der Waals surface area (Å²) in [5, 5.41) is 6.97. The number of morpholine rings is 1. The van der Waals surface area contributed by atoms with Gasteiger partial charge in [0.25, 0.3) is 0 Å². The minimum atomic E-state index is 0. The summed E-state index contributed by atoms with van der Waals surface area (Å²) in [5.41, 5.74) is 0.336. The van der Waals surface area contributed by atoms with E-state index in [2.05, 4.69) is 36.3 Å². The van der Waals surface area contributed by atoms with Gasteiger partial charge >= 0.3 is 0 Å². The summed E-state index contributed by atoms with van der Waals surface area (Å²) < 4.78 is 10.9. The molecule has 2 unspecified atom stereocenters. The van der Waals surface area contributed by atoms with E-state index in [4.69, 9.17) is 14.5 Å². The second-order valence-electron chi connectivity index (χ2n) is 8.04. The number of hydrogen-bond acceptors (Lipinski definition) is 4. The van der Waals surface area contributed by atoms with E-state index < -0.39 is 0 Å². The fourth-order valence-electron chi connectivity index (χ4n) is 4.28. The largest absolute Gasteiger partial charge is 0.385 e. The van der Waals surface area contributed by atoms with Crippen molar-refractivity contribution in [1.29, 1.82) is 0 Å². The van der Waals surface area contributed by atoms with Crippen LogP contribution in [0.5, 0.6) is 0 Å². The van der Waals surface area contributed by atoms with E-state index in [9.17, 15) is 0 Å². The van der Waals surface area contributed by atoms with Crippen molar-refractivity contribution in [3.05, 3.63) is 0 Å². The van der Waals surface area contributed by atoms with E-state index in [0.717, 1.165) is 58.4 Å². The molecule has 2 aliphatic rings. The number of aliphatic imine (C=N–C) groups is 1. The van der Waals surface area contributed by atoms with Crippen LogP contribution in [0.4, 0.5) is 0 Å². The summed E-state index contributed by atoms with van der Waals surface area (Å²) in [6.07, 6.45) is 6.33. The van der Waals surface area contributed by atoms with E-state index in [0.29, 0.717) is 17.5 Å². The molecule has 7 heteroatoms. The molecular weight excluding hydrogens is 455 g/mol. The maximum absolute atomic E-state index is 5.56. The molecule has 0 radical (unpaired) electrons. The van der Waals surface area contributed by atoms with Gasteiger partial charge in [0.2, 0.25) is 0 Å². The average Bonchev–Trinajstić information content (AvgIpc) is 3.11. The van der Waals surface area contributed by atoms with Crippen molar-refractivity contribution < 1.29 is 9.47 Å². The first-order valence-corrected chi connectivity index (χ1v) is 10.4. The van der Waals surface area contributed by atoms with E-state index in [1.165, 1.54) is 25.7 Å². The first-order valence-electron chi connectivity index (χ1n) is 10.4. The first-order chi connectivity index (χ1) is 12.6. The number of nitrogens with zero attached hydrogens (tertiary/aromatic N) is 2. The fraction of sp³-hybridized carbons (Fsp3) is 0.950. The van der Waals surface area contributed by atoms with Crippen molar-refractivity contribution >= 4 is 29.9 Å². The molecule has 1 aliphatic heterocycles. The highest BCUT2D eigenvalue weighted by Gasteiger charge is 2.33. The van der Waals surface area contributed by atoms with Gasteiger partial charge in [-0.05, 0) is 45.4 Å². The standard InChI is InChI=1S/C20H40N4O2.HI/c1-5-21-19(22-14-17(2)24-11-13-26-15-18(24)3)23-16-20(10-12-25-4)8-6-7-9-20;/h17-18H,5-16H2,1-4H3,(H2,21,22,23);1H. The van der Waals surface area contributed by atoms with Gasteiger partial charge in [-0.25, -0.2) is 0 Å². The summed E-state index contributed by atoms with van der Waals surface area (Å²) in [6.45, 7) is 12.9. The molecule has 6 nitrogen and oxygen atoms in total. The molecule has 1 saturated carbocycles. The van der Waals surface area contributed by atoms with Crippen LogP contribution in [0.2, 0.25) is 0 Å². The van der Waals surface area contributed by atoms with Gasteiger partial charge < -0.3 is 20.1 Å². The highest BCUT2D eigenvalue weighted by Crippen LogP contribution is 2.41. The molecule has 1 heterocycles. The number of rotatable bonds is 9. The lowest BCUT2D eigenvalue weighted by Crippen LogP contribution is -2.53. The van der Waals surface area contributed by atoms with E-state index in [1.807, 2.05) is 0 Å². The topological polar surface area (TPSA) is 58.1 Å². The number of hydrogen-bond donors (Lipinski definition) is 2. The lowest BCUT2D eigenvalue weighted by atomic mass is 9.83. The van der Waals surface area contributed by atoms with E-state index in [1.54, 1.807) is 7.11 Å². The fourth-order valence-corrected chi connectivity index (χ4v) is 4.28. The zero-order valence-corrected chi connectivity index (χ0v) is 20.1. The summed E-state index contributed by atoms with van der Waals surface area (Å²) in [6, 6.07) is 0.947. The summed E-state index contributed by atoms with van der Waals surface area (Å²) in [5.74, 6) is 0.948. The first kappa shape index (κ1) is 24.9. The second kappa shape index (κ2) is 13.2. The van der Waals surface area contributed by atoms with E-state index in [-0.39, 0.29) is 24.0 Å². The Balaban J connectivity index is 0.00000364. The molecule has 1 aliphatic carbocycles. The molecule has 2 rings (SSSR count). The lowest BCUT2D eigenvalue weighted by molar-refractivity contribution is -0.0174. The van der Waals surface area contributed by atoms with Crippen LogP contribution in [0, 0.1) is 5.41 Å². The van der Waals surface area contributed by atoms with Crippen molar-refractivity contribution in [3.63, 3.8) is 0 Å². The SMILES string of the molecule is CCNC(=NCC1(CCOC)CCCC1)NCC(C)N1CCOCC1C.I. The maximum atomic E-state index is 5.56. The van der Waals surface area contributed by atoms with Gasteiger partial charge in [-0.15, -0.1) is 24.0 Å². The molecule has 2 N–H and O–H groups in total. The zero-order valence-electron chi connectivity index (χ0n) is 17.8. The van der Waals surface area contributed by atoms with Gasteiger partial charge in [0.05, 0.1) is 13.2 Å². The minimum absolute atomic E-state index is 0. The number of halogens is 1. The normalized spacial score (nSPS) is 24.3. The Morgan fingerprint density at radius 3 is 2.70 bits per heavy atom. The Hall–Kier alpha value is -0.120. The monoisotopic (exact) mass is 496 g/mol. The molecule has 0 bridgehead atoms. The second-order valence-corrected chi connectivity index (χ2v) is 8.04. The van der Waals surface area contributed by atoms with Crippen LogP contribution >= 0.6 is 24.0 Å². The van der Waals surface area contributed by atoms with Crippen LogP contribution < -0.4 is 10.6 Å². The maximum Gasteiger partial charge on any atom is 0.191 e. The third-order valence-corrected chi connectivity index (χ3v) is 5.97. The van der Waals surface area contributed by atoms with Crippen molar-refractivity contribution in [2.45, 2.75) is 65.0 Å². The molecule has 160 valence electrons. The number of ether oxygens (including phenoxy) is 2. The van der Waals surface area contributed by atoms with Crippen LogP contribution in [0.15, 0.2) is 4.99 Å². The van der Waals surface area contributed by atoms with Crippen LogP contribution in [0.1, 0.15) is 52.9 Å².